The maximum absolute atomic E-state index is 12.5. The van der Waals surface area contributed by atoms with E-state index in [0.29, 0.717) is 25.3 Å². The Morgan fingerprint density at radius 2 is 1.70 bits per heavy atom. The van der Waals surface area contributed by atoms with Crippen molar-refractivity contribution < 1.29 is 14.4 Å². The molecular formula is C22H31N5O3. The van der Waals surface area contributed by atoms with Crippen LogP contribution in [0.15, 0.2) is 24.3 Å². The van der Waals surface area contributed by atoms with Gasteiger partial charge in [0.05, 0.1) is 6.54 Å². The van der Waals surface area contributed by atoms with E-state index >= 15 is 0 Å². The summed E-state index contributed by atoms with van der Waals surface area (Å²) in [7, 11) is 0. The van der Waals surface area contributed by atoms with Gasteiger partial charge in [0.2, 0.25) is 17.7 Å². The van der Waals surface area contributed by atoms with E-state index in [4.69, 9.17) is 0 Å². The number of hydrogen-bond donors (Lipinski definition) is 3. The van der Waals surface area contributed by atoms with Crippen molar-refractivity contribution in [2.24, 2.45) is 0 Å². The summed E-state index contributed by atoms with van der Waals surface area (Å²) < 4.78 is 0. The molecule has 1 aromatic rings. The molecule has 3 amide bonds. The maximum atomic E-state index is 12.5. The highest BCUT2D eigenvalue weighted by Crippen LogP contribution is 2.29. The predicted molar refractivity (Wildman–Crippen MR) is 114 cm³/mol. The summed E-state index contributed by atoms with van der Waals surface area (Å²) in [6, 6.07) is 7.92. The Kier molecular flexibility index (Phi) is 6.64. The second-order valence-electron chi connectivity index (χ2n) is 8.45. The summed E-state index contributed by atoms with van der Waals surface area (Å²) in [6.07, 6.45) is 3.00. The normalized spacial score (nSPS) is 23.9. The molecule has 0 radical (unpaired) electrons. The molecule has 30 heavy (non-hydrogen) atoms. The van der Waals surface area contributed by atoms with Crippen molar-refractivity contribution >= 4 is 23.4 Å². The second-order valence-corrected chi connectivity index (χ2v) is 8.45. The molecule has 8 nitrogen and oxygen atoms in total. The molecular weight excluding hydrogens is 382 g/mol. The molecule has 0 spiro atoms. The van der Waals surface area contributed by atoms with Gasteiger partial charge in [-0.15, -0.1) is 0 Å². The molecule has 4 rings (SSSR count). The first kappa shape index (κ1) is 20.8. The van der Waals surface area contributed by atoms with E-state index in [1.54, 1.807) is 0 Å². The van der Waals surface area contributed by atoms with Gasteiger partial charge in [0, 0.05) is 38.3 Å². The van der Waals surface area contributed by atoms with Crippen LogP contribution in [-0.2, 0) is 14.4 Å². The first-order valence-corrected chi connectivity index (χ1v) is 11.0. The average Bonchev–Trinajstić information content (AvgIpc) is 2.77. The fourth-order valence-corrected chi connectivity index (χ4v) is 4.51. The van der Waals surface area contributed by atoms with Crippen molar-refractivity contribution in [1.82, 2.24) is 20.4 Å². The third-order valence-electron chi connectivity index (χ3n) is 6.38. The molecule has 0 bridgehead atoms. The van der Waals surface area contributed by atoms with Crippen LogP contribution in [0.1, 0.15) is 37.2 Å². The van der Waals surface area contributed by atoms with Crippen LogP contribution >= 0.6 is 0 Å². The van der Waals surface area contributed by atoms with Crippen molar-refractivity contribution in [2.45, 2.75) is 37.6 Å². The Hall–Kier alpha value is -2.45. The average molecular weight is 414 g/mol. The van der Waals surface area contributed by atoms with Gasteiger partial charge >= 0.3 is 0 Å². The number of piperazine rings is 1. The molecule has 162 valence electrons. The minimum Gasteiger partial charge on any atom is -0.374 e. The van der Waals surface area contributed by atoms with Crippen molar-refractivity contribution in [3.63, 3.8) is 0 Å². The van der Waals surface area contributed by atoms with Crippen LogP contribution in [0.25, 0.3) is 0 Å². The zero-order valence-electron chi connectivity index (χ0n) is 17.4. The van der Waals surface area contributed by atoms with E-state index in [-0.39, 0.29) is 23.8 Å². The maximum Gasteiger partial charge on any atom is 0.249 e. The molecule has 3 aliphatic heterocycles. The number of carbonyl (C=O) groups excluding carboxylic acids is 3. The van der Waals surface area contributed by atoms with Crippen LogP contribution < -0.4 is 16.0 Å². The van der Waals surface area contributed by atoms with Gasteiger partial charge in [-0.25, -0.2) is 0 Å². The zero-order valence-corrected chi connectivity index (χ0v) is 17.4. The summed E-state index contributed by atoms with van der Waals surface area (Å²) in [5, 5.41) is 8.88. The minimum absolute atomic E-state index is 0.200. The number of imide groups is 1. The van der Waals surface area contributed by atoms with E-state index in [1.165, 1.54) is 5.56 Å². The monoisotopic (exact) mass is 413 g/mol. The Morgan fingerprint density at radius 3 is 2.37 bits per heavy atom. The first-order valence-electron chi connectivity index (χ1n) is 11.0. The van der Waals surface area contributed by atoms with E-state index in [1.807, 2.05) is 17.0 Å². The topological polar surface area (TPSA) is 93.8 Å². The number of nitrogens with zero attached hydrogens (tertiary/aromatic N) is 2. The van der Waals surface area contributed by atoms with Crippen molar-refractivity contribution in [2.75, 3.05) is 51.1 Å². The van der Waals surface area contributed by atoms with Crippen LogP contribution in [0.5, 0.6) is 0 Å². The molecule has 3 saturated heterocycles. The molecule has 1 unspecified atom stereocenters. The second kappa shape index (κ2) is 9.57. The van der Waals surface area contributed by atoms with Gasteiger partial charge in [-0.1, -0.05) is 12.1 Å². The SMILES string of the molecule is O=C1CCC(Nc2ccc(C3CCN(CC(=O)N4CCNCC4)CC3)cc2)C(=O)N1. The zero-order chi connectivity index (χ0) is 20.9. The third-order valence-corrected chi connectivity index (χ3v) is 6.38. The fraction of sp³-hybridized carbons (Fsp3) is 0.591. The Labute approximate surface area is 177 Å². The molecule has 3 fully saturated rings. The summed E-state index contributed by atoms with van der Waals surface area (Å²) in [5.74, 6) is 0.298. The lowest BCUT2D eigenvalue weighted by atomic mass is 9.89. The van der Waals surface area contributed by atoms with Gasteiger partial charge in [-0.3, -0.25) is 24.6 Å². The molecule has 3 N–H and O–H groups in total. The highest BCUT2D eigenvalue weighted by atomic mass is 16.2. The van der Waals surface area contributed by atoms with Crippen molar-refractivity contribution in [3.05, 3.63) is 29.8 Å². The fourth-order valence-electron chi connectivity index (χ4n) is 4.51. The molecule has 0 aromatic heterocycles. The smallest absolute Gasteiger partial charge is 0.249 e. The molecule has 8 heteroatoms. The number of benzene rings is 1. The molecule has 1 atom stereocenters. The first-order chi connectivity index (χ1) is 14.6. The van der Waals surface area contributed by atoms with Gasteiger partial charge < -0.3 is 15.5 Å². The van der Waals surface area contributed by atoms with Gasteiger partial charge in [-0.2, -0.15) is 0 Å². The van der Waals surface area contributed by atoms with E-state index in [9.17, 15) is 14.4 Å². The summed E-state index contributed by atoms with van der Waals surface area (Å²) in [6.45, 7) is 5.83. The van der Waals surface area contributed by atoms with Gasteiger partial charge in [0.1, 0.15) is 6.04 Å². The van der Waals surface area contributed by atoms with Crippen LogP contribution in [-0.4, -0.2) is 79.4 Å². The molecule has 3 heterocycles. The number of rotatable bonds is 5. The lowest BCUT2D eigenvalue weighted by molar-refractivity contribution is -0.134. The molecule has 1 aromatic carbocycles. The van der Waals surface area contributed by atoms with Crippen LogP contribution in [0.4, 0.5) is 5.69 Å². The number of hydrogen-bond acceptors (Lipinski definition) is 6. The molecule has 3 aliphatic rings. The van der Waals surface area contributed by atoms with E-state index in [0.717, 1.165) is 57.8 Å². The molecule has 0 aliphatic carbocycles. The largest absolute Gasteiger partial charge is 0.374 e. The van der Waals surface area contributed by atoms with Gasteiger partial charge in [0.25, 0.3) is 0 Å². The highest BCUT2D eigenvalue weighted by molar-refractivity contribution is 6.01. The number of piperidine rings is 2. The number of nitrogens with one attached hydrogen (secondary N) is 3. The minimum atomic E-state index is -0.356. The van der Waals surface area contributed by atoms with E-state index in [2.05, 4.69) is 33.0 Å². The Morgan fingerprint density at radius 1 is 1.00 bits per heavy atom. The molecule has 0 saturated carbocycles. The number of amides is 3. The van der Waals surface area contributed by atoms with Crippen LogP contribution in [0.2, 0.25) is 0 Å². The van der Waals surface area contributed by atoms with Gasteiger partial charge in [-0.05, 0) is 56.0 Å². The standard InChI is InChI=1S/C22H31N5O3/c28-20-6-5-19(22(30)25-20)24-18-3-1-16(2-4-18)17-7-11-26(12-8-17)15-21(29)27-13-9-23-10-14-27/h1-4,17,19,23-24H,5-15H2,(H,25,28,30). The van der Waals surface area contributed by atoms with Crippen LogP contribution in [0, 0.1) is 0 Å². The summed E-state index contributed by atoms with van der Waals surface area (Å²) in [4.78, 5) is 39.9. The lowest BCUT2D eigenvalue weighted by Crippen LogP contribution is -2.50. The van der Waals surface area contributed by atoms with E-state index < -0.39 is 0 Å². The van der Waals surface area contributed by atoms with Crippen molar-refractivity contribution in [3.8, 4) is 0 Å². The number of anilines is 1. The number of likely N-dealkylation sites (tertiary alicyclic amines) is 1. The lowest BCUT2D eigenvalue weighted by Gasteiger charge is -2.34. The highest BCUT2D eigenvalue weighted by Gasteiger charge is 2.27. The Balaban J connectivity index is 1.24. The summed E-state index contributed by atoms with van der Waals surface area (Å²) in [5.41, 5.74) is 2.20. The van der Waals surface area contributed by atoms with Crippen LogP contribution in [0.3, 0.4) is 0 Å². The van der Waals surface area contributed by atoms with Crippen molar-refractivity contribution in [1.29, 1.82) is 0 Å². The Bertz CT molecular complexity index is 767. The van der Waals surface area contributed by atoms with Gasteiger partial charge in [0.15, 0.2) is 0 Å². The third kappa shape index (κ3) is 5.17. The predicted octanol–water partition coefficient (Wildman–Crippen LogP) is 0.515. The summed E-state index contributed by atoms with van der Waals surface area (Å²) >= 11 is 0. The number of carbonyl (C=O) groups is 3. The quantitative estimate of drug-likeness (QED) is 0.610.